The largest absolute Gasteiger partial charge is 0.496 e. The van der Waals surface area contributed by atoms with Crippen LogP contribution in [0.1, 0.15) is 43.7 Å². The normalized spacial score (nSPS) is 19.3. The van der Waals surface area contributed by atoms with Gasteiger partial charge in [0.1, 0.15) is 11.8 Å². The van der Waals surface area contributed by atoms with Crippen molar-refractivity contribution in [3.8, 4) is 5.75 Å². The van der Waals surface area contributed by atoms with Crippen LogP contribution in [0.25, 0.3) is 0 Å². The maximum absolute atomic E-state index is 13.0. The molecule has 1 heterocycles. The van der Waals surface area contributed by atoms with E-state index < -0.39 is 22.0 Å². The smallest absolute Gasteiger partial charge is 0.322 e. The van der Waals surface area contributed by atoms with Gasteiger partial charge in [-0.3, -0.25) is 4.79 Å². The summed E-state index contributed by atoms with van der Waals surface area (Å²) in [5, 5.41) is 9.26. The lowest BCUT2D eigenvalue weighted by Crippen LogP contribution is -2.40. The number of carbonyl (C=O) groups is 1. The van der Waals surface area contributed by atoms with Crippen LogP contribution in [-0.2, 0) is 14.8 Å². The van der Waals surface area contributed by atoms with E-state index in [9.17, 15) is 18.3 Å². The Hall–Kier alpha value is -1.60. The van der Waals surface area contributed by atoms with Crippen molar-refractivity contribution in [3.63, 3.8) is 0 Å². The summed E-state index contributed by atoms with van der Waals surface area (Å²) in [4.78, 5) is 11.5. The number of carboxylic acids is 1. The molecule has 0 unspecified atom stereocenters. The van der Waals surface area contributed by atoms with Gasteiger partial charge in [-0.2, -0.15) is 4.31 Å². The van der Waals surface area contributed by atoms with E-state index in [0.717, 1.165) is 9.87 Å². The van der Waals surface area contributed by atoms with E-state index in [2.05, 4.69) is 0 Å². The molecule has 1 fully saturated rings. The van der Waals surface area contributed by atoms with Gasteiger partial charge in [-0.15, -0.1) is 0 Å². The topological polar surface area (TPSA) is 83.9 Å². The minimum atomic E-state index is -3.85. The second-order valence-corrected chi connectivity index (χ2v) is 7.99. The van der Waals surface area contributed by atoms with Crippen LogP contribution >= 0.6 is 0 Å². The molecule has 6 nitrogen and oxygen atoms in total. The zero-order valence-corrected chi connectivity index (χ0v) is 14.7. The first kappa shape index (κ1) is 17.7. The number of benzene rings is 1. The molecule has 0 spiro atoms. The molecular weight excluding hydrogens is 318 g/mol. The van der Waals surface area contributed by atoms with Crippen LogP contribution in [0, 0.1) is 6.92 Å². The predicted octanol–water partition coefficient (Wildman–Crippen LogP) is 2.36. The number of aliphatic carboxylic acids is 1. The Labute approximate surface area is 137 Å². The lowest BCUT2D eigenvalue weighted by atomic mass is 10.0. The van der Waals surface area contributed by atoms with Gasteiger partial charge in [0, 0.05) is 6.54 Å². The van der Waals surface area contributed by atoms with Crippen molar-refractivity contribution in [1.82, 2.24) is 4.31 Å². The summed E-state index contributed by atoms with van der Waals surface area (Å²) in [6, 6.07) is 2.34. The predicted molar refractivity (Wildman–Crippen MR) is 86.4 cm³/mol. The molecule has 0 saturated carbocycles. The first-order chi connectivity index (χ1) is 10.7. The summed E-state index contributed by atoms with van der Waals surface area (Å²) in [6.07, 6.45) is 0.906. The zero-order chi connectivity index (χ0) is 17.4. The van der Waals surface area contributed by atoms with Gasteiger partial charge in [-0.25, -0.2) is 8.42 Å². The summed E-state index contributed by atoms with van der Waals surface area (Å²) in [5.74, 6) is -0.359. The van der Waals surface area contributed by atoms with Crippen LogP contribution in [0.2, 0.25) is 0 Å². The Morgan fingerprint density at radius 2 is 2.04 bits per heavy atom. The molecule has 1 N–H and O–H groups in total. The Morgan fingerprint density at radius 1 is 1.39 bits per heavy atom. The molecule has 7 heteroatoms. The highest BCUT2D eigenvalue weighted by molar-refractivity contribution is 7.89. The van der Waals surface area contributed by atoms with Gasteiger partial charge >= 0.3 is 5.97 Å². The Kier molecular flexibility index (Phi) is 5.01. The zero-order valence-electron chi connectivity index (χ0n) is 13.9. The van der Waals surface area contributed by atoms with Crippen molar-refractivity contribution in [1.29, 1.82) is 0 Å². The average molecular weight is 341 g/mol. The molecule has 23 heavy (non-hydrogen) atoms. The molecule has 0 bridgehead atoms. The number of hydrogen-bond acceptors (Lipinski definition) is 4. The Morgan fingerprint density at radius 3 is 2.57 bits per heavy atom. The number of sulfonamides is 1. The molecule has 0 amide bonds. The highest BCUT2D eigenvalue weighted by Gasteiger charge is 2.40. The van der Waals surface area contributed by atoms with E-state index in [-0.39, 0.29) is 17.4 Å². The highest BCUT2D eigenvalue weighted by atomic mass is 32.2. The van der Waals surface area contributed by atoms with Crippen molar-refractivity contribution in [2.45, 2.75) is 50.5 Å². The second-order valence-electron chi connectivity index (χ2n) is 6.13. The summed E-state index contributed by atoms with van der Waals surface area (Å²) >= 11 is 0. The molecule has 1 aliphatic rings. The third-order valence-corrected chi connectivity index (χ3v) is 6.27. The standard InChI is InChI=1S/C16H23NO5S/c1-10(2)12-9-15(11(3)8-14(12)22-4)23(20,21)17-7-5-6-13(17)16(18)19/h8-10,13H,5-7H2,1-4H3,(H,18,19)/t13-/m0/s1. The minimum absolute atomic E-state index is 0.0911. The number of carboxylic acid groups (broad SMARTS) is 1. The number of hydrogen-bond donors (Lipinski definition) is 1. The fraction of sp³-hybridized carbons (Fsp3) is 0.562. The number of aryl methyl sites for hydroxylation is 1. The van der Waals surface area contributed by atoms with Gasteiger partial charge in [-0.1, -0.05) is 13.8 Å². The van der Waals surface area contributed by atoms with E-state index in [0.29, 0.717) is 24.2 Å². The summed E-state index contributed by atoms with van der Waals surface area (Å²) < 4.78 is 32.4. The van der Waals surface area contributed by atoms with Crippen molar-refractivity contribution in [2.24, 2.45) is 0 Å². The van der Waals surface area contributed by atoms with E-state index in [1.165, 1.54) is 0 Å². The van der Waals surface area contributed by atoms with E-state index in [1.807, 2.05) is 13.8 Å². The fourth-order valence-corrected chi connectivity index (χ4v) is 4.88. The van der Waals surface area contributed by atoms with Crippen molar-refractivity contribution in [2.75, 3.05) is 13.7 Å². The molecule has 1 aliphatic heterocycles. The van der Waals surface area contributed by atoms with Crippen LogP contribution in [-0.4, -0.2) is 43.5 Å². The Balaban J connectivity index is 2.56. The maximum Gasteiger partial charge on any atom is 0.322 e. The van der Waals surface area contributed by atoms with Crippen LogP contribution < -0.4 is 4.74 Å². The SMILES string of the molecule is COc1cc(C)c(S(=O)(=O)N2CCC[C@H]2C(=O)O)cc1C(C)C. The van der Waals surface area contributed by atoms with Gasteiger partial charge in [-0.05, 0) is 48.9 Å². The van der Waals surface area contributed by atoms with Crippen molar-refractivity contribution in [3.05, 3.63) is 23.3 Å². The number of nitrogens with zero attached hydrogens (tertiary/aromatic N) is 1. The molecule has 0 aromatic heterocycles. The van der Waals surface area contributed by atoms with Gasteiger partial charge in [0.2, 0.25) is 10.0 Å². The van der Waals surface area contributed by atoms with Gasteiger partial charge < -0.3 is 9.84 Å². The van der Waals surface area contributed by atoms with Crippen LogP contribution in [0.3, 0.4) is 0 Å². The molecular formula is C16H23NO5S. The molecule has 0 aliphatic carbocycles. The van der Waals surface area contributed by atoms with Crippen LogP contribution in [0.4, 0.5) is 0 Å². The lowest BCUT2D eigenvalue weighted by Gasteiger charge is -2.23. The molecule has 128 valence electrons. The third-order valence-electron chi connectivity index (χ3n) is 4.22. The van der Waals surface area contributed by atoms with Gasteiger partial charge in [0.25, 0.3) is 0 Å². The summed E-state index contributed by atoms with van der Waals surface area (Å²) in [6.45, 7) is 5.85. The highest BCUT2D eigenvalue weighted by Crippen LogP contribution is 2.34. The minimum Gasteiger partial charge on any atom is -0.496 e. The monoisotopic (exact) mass is 341 g/mol. The molecule has 1 saturated heterocycles. The van der Waals surface area contributed by atoms with E-state index in [1.54, 1.807) is 26.2 Å². The fourth-order valence-electron chi connectivity index (χ4n) is 2.98. The summed E-state index contributed by atoms with van der Waals surface area (Å²) in [5.41, 5.74) is 1.35. The van der Waals surface area contributed by atoms with E-state index >= 15 is 0 Å². The molecule has 0 radical (unpaired) electrons. The molecule has 1 aromatic carbocycles. The second kappa shape index (κ2) is 6.49. The summed E-state index contributed by atoms with van der Waals surface area (Å²) in [7, 11) is -2.30. The first-order valence-electron chi connectivity index (χ1n) is 7.63. The van der Waals surface area contributed by atoms with Gasteiger partial charge in [0.05, 0.1) is 12.0 Å². The van der Waals surface area contributed by atoms with E-state index in [4.69, 9.17) is 4.74 Å². The molecule has 1 aromatic rings. The third kappa shape index (κ3) is 3.21. The number of rotatable bonds is 5. The van der Waals surface area contributed by atoms with Gasteiger partial charge in [0.15, 0.2) is 0 Å². The van der Waals surface area contributed by atoms with Crippen LogP contribution in [0.15, 0.2) is 17.0 Å². The molecule has 1 atom stereocenters. The maximum atomic E-state index is 13.0. The number of methoxy groups -OCH3 is 1. The quantitative estimate of drug-likeness (QED) is 0.889. The number of ether oxygens (including phenoxy) is 1. The van der Waals surface area contributed by atoms with Crippen molar-refractivity contribution < 1.29 is 23.1 Å². The molecule has 2 rings (SSSR count). The van der Waals surface area contributed by atoms with Crippen molar-refractivity contribution >= 4 is 16.0 Å². The lowest BCUT2D eigenvalue weighted by molar-refractivity contribution is -0.140. The first-order valence-corrected chi connectivity index (χ1v) is 9.07. The Bertz CT molecular complexity index is 711. The average Bonchev–Trinajstić information content (AvgIpc) is 2.96. The van der Waals surface area contributed by atoms with Crippen LogP contribution in [0.5, 0.6) is 5.75 Å².